The quantitative estimate of drug-likeness (QED) is 0.586. The second-order valence-corrected chi connectivity index (χ2v) is 2.74. The molecule has 0 aliphatic carbocycles. The van der Waals surface area contributed by atoms with Crippen LogP contribution < -0.4 is 0 Å². The van der Waals surface area contributed by atoms with E-state index in [0.29, 0.717) is 0 Å². The lowest BCUT2D eigenvalue weighted by molar-refractivity contribution is -0.259. The molecule has 11 heteroatoms. The van der Waals surface area contributed by atoms with Crippen LogP contribution in [0.3, 0.4) is 0 Å². The Morgan fingerprint density at radius 2 is 1.41 bits per heavy atom. The molecule has 0 aromatic heterocycles. The van der Waals surface area contributed by atoms with Crippen LogP contribution in [0.2, 0.25) is 0 Å². The maximum atomic E-state index is 12.3. The molecule has 0 radical (unpaired) electrons. The zero-order valence-electron chi connectivity index (χ0n) is 7.50. The highest BCUT2D eigenvalue weighted by Crippen LogP contribution is 2.35. The molecular weight excluding hydrogens is 275 g/mol. The Morgan fingerprint density at radius 1 is 1.00 bits per heavy atom. The lowest BCUT2D eigenvalue weighted by Gasteiger charge is -2.22. The van der Waals surface area contributed by atoms with Crippen molar-refractivity contribution in [2.45, 2.75) is 24.4 Å². The van der Waals surface area contributed by atoms with Gasteiger partial charge in [-0.15, -0.1) is 0 Å². The van der Waals surface area contributed by atoms with Crippen LogP contribution >= 0.6 is 0 Å². The summed E-state index contributed by atoms with van der Waals surface area (Å²) >= 11 is 0. The Labute approximate surface area is 87.3 Å². The molecule has 0 fully saturated rings. The van der Waals surface area contributed by atoms with E-state index in [0.717, 1.165) is 0 Å². The summed E-state index contributed by atoms with van der Waals surface area (Å²) < 4.78 is 108. The predicted octanol–water partition coefficient (Wildman–Crippen LogP) is 2.63. The van der Waals surface area contributed by atoms with Crippen LogP contribution in [-0.2, 0) is 9.53 Å². The van der Waals surface area contributed by atoms with Gasteiger partial charge in [0.05, 0.1) is 0 Å². The third kappa shape index (κ3) is 4.69. The summed E-state index contributed by atoms with van der Waals surface area (Å²) in [6, 6.07) is 0. The normalized spacial score (nSPS) is 15.6. The Bertz CT molecular complexity index is 278. The Kier molecular flexibility index (Phi) is 4.29. The number of alkyl halides is 9. The van der Waals surface area contributed by atoms with Crippen LogP contribution in [0.5, 0.6) is 0 Å². The van der Waals surface area contributed by atoms with Gasteiger partial charge in [0.25, 0.3) is 6.17 Å². The summed E-state index contributed by atoms with van der Waals surface area (Å²) in [7, 11) is 0. The molecule has 2 nitrogen and oxygen atoms in total. The molecule has 0 saturated heterocycles. The fraction of sp³-hybridized carbons (Fsp3) is 0.833. The van der Waals surface area contributed by atoms with Gasteiger partial charge in [-0.25, -0.2) is 9.18 Å². The summed E-state index contributed by atoms with van der Waals surface area (Å²) in [6.07, 6.45) is -16.4. The van der Waals surface area contributed by atoms with E-state index < -0.39 is 37.0 Å². The van der Waals surface area contributed by atoms with Gasteiger partial charge in [-0.3, -0.25) is 0 Å². The van der Waals surface area contributed by atoms with Crippen molar-refractivity contribution in [1.82, 2.24) is 0 Å². The molecule has 0 N–H and O–H groups in total. The zero-order chi connectivity index (χ0) is 14.1. The van der Waals surface area contributed by atoms with E-state index in [1.807, 2.05) is 0 Å². The number of carbonyl (C=O) groups excluding carboxylic acids is 1. The van der Waals surface area contributed by atoms with Gasteiger partial charge in [0.15, 0.2) is 6.61 Å². The first-order valence-electron chi connectivity index (χ1n) is 3.61. The average Bonchev–Trinajstić information content (AvgIpc) is 2.10. The molecule has 0 heterocycles. The first kappa shape index (κ1) is 15.8. The minimum Gasteiger partial charge on any atom is -0.452 e. The fourth-order valence-electron chi connectivity index (χ4n) is 0.556. The number of hydrogen-bond acceptors (Lipinski definition) is 2. The molecule has 0 amide bonds. The van der Waals surface area contributed by atoms with Gasteiger partial charge in [-0.05, 0) is 0 Å². The maximum absolute atomic E-state index is 12.3. The summed E-state index contributed by atoms with van der Waals surface area (Å²) in [6.45, 7) is -2.66. The first-order valence-corrected chi connectivity index (χ1v) is 3.61. The zero-order valence-corrected chi connectivity index (χ0v) is 7.50. The summed E-state index contributed by atoms with van der Waals surface area (Å²) in [5, 5.41) is 0. The van der Waals surface area contributed by atoms with E-state index in [1.54, 1.807) is 0 Å². The standard InChI is InChI=1S/C6H3F9O2/c7-2(5(10,11)12)4(8,9)1-17-3(16)6(13,14)15/h2H,1H2/t2-/m1/s1. The molecule has 0 unspecified atom stereocenters. The molecule has 102 valence electrons. The van der Waals surface area contributed by atoms with Crippen LogP contribution in [0, 0.1) is 0 Å². The Morgan fingerprint density at radius 3 is 1.71 bits per heavy atom. The summed E-state index contributed by atoms with van der Waals surface area (Å²) in [4.78, 5) is 9.90. The van der Waals surface area contributed by atoms with Gasteiger partial charge in [0.1, 0.15) is 0 Å². The molecule has 0 aliphatic heterocycles. The summed E-state index contributed by atoms with van der Waals surface area (Å²) in [5.74, 6) is -8.43. The molecule has 17 heavy (non-hydrogen) atoms. The van der Waals surface area contributed by atoms with E-state index in [9.17, 15) is 44.3 Å². The van der Waals surface area contributed by atoms with Crippen LogP contribution in [0.25, 0.3) is 0 Å². The lowest BCUT2D eigenvalue weighted by Crippen LogP contribution is -2.46. The van der Waals surface area contributed by atoms with Gasteiger partial charge < -0.3 is 4.74 Å². The fourth-order valence-corrected chi connectivity index (χ4v) is 0.556. The second-order valence-electron chi connectivity index (χ2n) is 2.74. The number of halogens is 9. The van der Waals surface area contributed by atoms with E-state index in [4.69, 9.17) is 0 Å². The van der Waals surface area contributed by atoms with Crippen molar-refractivity contribution in [3.8, 4) is 0 Å². The number of ether oxygens (including phenoxy) is 1. The minimum atomic E-state index is -5.98. The van der Waals surface area contributed by atoms with E-state index >= 15 is 0 Å². The molecule has 0 aromatic carbocycles. The number of hydrogen-bond donors (Lipinski definition) is 0. The highest BCUT2D eigenvalue weighted by Gasteiger charge is 2.58. The van der Waals surface area contributed by atoms with Crippen molar-refractivity contribution in [2.24, 2.45) is 0 Å². The molecule has 0 spiro atoms. The third-order valence-corrected chi connectivity index (χ3v) is 1.29. The molecule has 1 atom stereocenters. The molecule has 0 saturated carbocycles. The van der Waals surface area contributed by atoms with E-state index in [-0.39, 0.29) is 0 Å². The SMILES string of the molecule is O=C(OCC(F)(F)[C@@H](F)C(F)(F)F)C(F)(F)F. The number of esters is 1. The summed E-state index contributed by atoms with van der Waals surface area (Å²) in [5.41, 5.74) is 0. The van der Waals surface area contributed by atoms with Crippen molar-refractivity contribution in [3.63, 3.8) is 0 Å². The van der Waals surface area contributed by atoms with Crippen molar-refractivity contribution in [1.29, 1.82) is 0 Å². The second kappa shape index (κ2) is 4.61. The highest BCUT2D eigenvalue weighted by molar-refractivity contribution is 5.75. The van der Waals surface area contributed by atoms with Gasteiger partial charge >= 0.3 is 24.2 Å². The first-order chi connectivity index (χ1) is 7.28. The number of rotatable bonds is 3. The van der Waals surface area contributed by atoms with E-state index in [1.165, 1.54) is 0 Å². The minimum absolute atomic E-state index is 2.66. The van der Waals surface area contributed by atoms with Crippen LogP contribution in [-0.4, -0.2) is 37.0 Å². The van der Waals surface area contributed by atoms with Gasteiger partial charge in [0, 0.05) is 0 Å². The van der Waals surface area contributed by atoms with Crippen molar-refractivity contribution in [2.75, 3.05) is 6.61 Å². The molecule has 0 aliphatic rings. The van der Waals surface area contributed by atoms with Gasteiger partial charge in [0.2, 0.25) is 0 Å². The van der Waals surface area contributed by atoms with Crippen molar-refractivity contribution in [3.05, 3.63) is 0 Å². The van der Waals surface area contributed by atoms with Crippen molar-refractivity contribution < 1.29 is 49.0 Å². The molecule has 0 bridgehead atoms. The van der Waals surface area contributed by atoms with Gasteiger partial charge in [-0.1, -0.05) is 0 Å². The van der Waals surface area contributed by atoms with Gasteiger partial charge in [-0.2, -0.15) is 35.1 Å². The Balaban J connectivity index is 4.53. The lowest BCUT2D eigenvalue weighted by atomic mass is 10.2. The predicted molar refractivity (Wildman–Crippen MR) is 32.9 cm³/mol. The molecule has 0 aromatic rings. The third-order valence-electron chi connectivity index (χ3n) is 1.29. The van der Waals surface area contributed by atoms with Crippen LogP contribution in [0.15, 0.2) is 0 Å². The smallest absolute Gasteiger partial charge is 0.452 e. The van der Waals surface area contributed by atoms with Crippen LogP contribution in [0.4, 0.5) is 39.5 Å². The number of carbonyl (C=O) groups is 1. The van der Waals surface area contributed by atoms with E-state index in [2.05, 4.69) is 4.74 Å². The molecular formula is C6H3F9O2. The van der Waals surface area contributed by atoms with Crippen molar-refractivity contribution >= 4 is 5.97 Å². The highest BCUT2D eigenvalue weighted by atomic mass is 19.4. The average molecular weight is 278 g/mol. The van der Waals surface area contributed by atoms with Crippen LogP contribution in [0.1, 0.15) is 0 Å². The topological polar surface area (TPSA) is 26.3 Å². The maximum Gasteiger partial charge on any atom is 0.490 e. The Hall–Kier alpha value is -1.16. The molecule has 0 rings (SSSR count). The monoisotopic (exact) mass is 278 g/mol. The largest absolute Gasteiger partial charge is 0.490 e.